The summed E-state index contributed by atoms with van der Waals surface area (Å²) in [7, 11) is 0. The first kappa shape index (κ1) is 15.9. The van der Waals surface area contributed by atoms with E-state index in [1.165, 1.54) is 0 Å². The van der Waals surface area contributed by atoms with Gasteiger partial charge in [-0.3, -0.25) is 0 Å². The number of ether oxygens (including phenoxy) is 1. The molecule has 1 aliphatic rings. The summed E-state index contributed by atoms with van der Waals surface area (Å²) < 4.78 is 94.0. The molecule has 1 atom stereocenters. The lowest BCUT2D eigenvalue weighted by atomic mass is 10.0. The highest BCUT2D eigenvalue weighted by Crippen LogP contribution is 2.51. The third kappa shape index (κ3) is 2.92. The molecule has 1 aliphatic carbocycles. The molecule has 0 bridgehead atoms. The van der Waals surface area contributed by atoms with Gasteiger partial charge >= 0.3 is 6.18 Å². The molecule has 2 nitrogen and oxygen atoms in total. The van der Waals surface area contributed by atoms with Crippen LogP contribution in [0, 0.1) is 0 Å². The second-order valence-electron chi connectivity index (χ2n) is 4.54. The first-order valence-corrected chi connectivity index (χ1v) is 5.74. The Hall–Kier alpha value is -1.51. The summed E-state index contributed by atoms with van der Waals surface area (Å²) in [5.41, 5.74) is -3.03. The van der Waals surface area contributed by atoms with E-state index in [9.17, 15) is 35.8 Å². The summed E-state index contributed by atoms with van der Waals surface area (Å²) in [4.78, 5) is 0. The van der Waals surface area contributed by atoms with Gasteiger partial charge in [0.25, 0.3) is 12.3 Å². The predicted octanol–water partition coefficient (Wildman–Crippen LogP) is 3.57. The van der Waals surface area contributed by atoms with Crippen molar-refractivity contribution in [1.82, 2.24) is 0 Å². The molecule has 0 amide bonds. The SMILES string of the molecule is O[C@H]1c2c(C(F)(F)F)ccc(OCC(F)F)c2CC1(F)F. The summed E-state index contributed by atoms with van der Waals surface area (Å²) in [6, 6.07) is 1.14. The molecule has 0 radical (unpaired) electrons. The quantitative estimate of drug-likeness (QED) is 0.863. The van der Waals surface area contributed by atoms with Crippen molar-refractivity contribution in [2.75, 3.05) is 6.61 Å². The van der Waals surface area contributed by atoms with E-state index in [0.29, 0.717) is 12.1 Å². The highest BCUT2D eigenvalue weighted by molar-refractivity contribution is 5.52. The van der Waals surface area contributed by atoms with Gasteiger partial charge in [0.1, 0.15) is 18.5 Å². The number of alkyl halides is 7. The lowest BCUT2D eigenvalue weighted by molar-refractivity contribution is -0.142. The number of rotatable bonds is 3. The van der Waals surface area contributed by atoms with Crippen molar-refractivity contribution in [3.05, 3.63) is 28.8 Å². The van der Waals surface area contributed by atoms with Crippen LogP contribution in [-0.4, -0.2) is 24.1 Å². The maximum atomic E-state index is 13.5. The monoisotopic (exact) mass is 318 g/mol. The van der Waals surface area contributed by atoms with Crippen LogP contribution in [0.3, 0.4) is 0 Å². The molecule has 2 rings (SSSR count). The molecule has 0 aliphatic heterocycles. The summed E-state index contributed by atoms with van der Waals surface area (Å²) in [5.74, 6) is -4.32. The highest BCUT2D eigenvalue weighted by atomic mass is 19.4. The van der Waals surface area contributed by atoms with Gasteiger partial charge in [0, 0.05) is 17.5 Å². The topological polar surface area (TPSA) is 29.5 Å². The lowest BCUT2D eigenvalue weighted by Gasteiger charge is -2.18. The van der Waals surface area contributed by atoms with Gasteiger partial charge in [0.15, 0.2) is 0 Å². The normalized spacial score (nSPS) is 20.7. The molecule has 0 spiro atoms. The van der Waals surface area contributed by atoms with Crippen molar-refractivity contribution in [3.63, 3.8) is 0 Å². The number of aliphatic hydroxyl groups excluding tert-OH is 1. The van der Waals surface area contributed by atoms with Gasteiger partial charge in [-0.15, -0.1) is 0 Å². The minimum absolute atomic E-state index is 0.435. The van der Waals surface area contributed by atoms with Crippen LogP contribution >= 0.6 is 0 Å². The van der Waals surface area contributed by atoms with Crippen LogP contribution < -0.4 is 4.74 Å². The third-order valence-electron chi connectivity index (χ3n) is 3.07. The van der Waals surface area contributed by atoms with E-state index in [1.54, 1.807) is 0 Å². The van der Waals surface area contributed by atoms with E-state index in [0.717, 1.165) is 0 Å². The van der Waals surface area contributed by atoms with Crippen LogP contribution in [-0.2, 0) is 12.6 Å². The van der Waals surface area contributed by atoms with Crippen molar-refractivity contribution in [1.29, 1.82) is 0 Å². The summed E-state index contributed by atoms with van der Waals surface area (Å²) in [6.45, 7) is -1.14. The molecule has 9 heteroatoms. The second kappa shape index (κ2) is 5.04. The zero-order valence-electron chi connectivity index (χ0n) is 10.2. The van der Waals surface area contributed by atoms with Gasteiger partial charge < -0.3 is 9.84 Å². The Balaban J connectivity index is 2.52. The molecule has 1 N–H and O–H groups in total. The van der Waals surface area contributed by atoms with Crippen molar-refractivity contribution >= 4 is 0 Å². The van der Waals surface area contributed by atoms with Crippen LogP contribution in [0.1, 0.15) is 22.8 Å². The fraction of sp³-hybridized carbons (Fsp3) is 0.500. The maximum Gasteiger partial charge on any atom is 0.416 e. The Morgan fingerprint density at radius 2 is 1.90 bits per heavy atom. The molecule has 0 saturated heterocycles. The van der Waals surface area contributed by atoms with Crippen LogP contribution in [0.2, 0.25) is 0 Å². The van der Waals surface area contributed by atoms with E-state index < -0.39 is 60.1 Å². The number of hydrogen-bond donors (Lipinski definition) is 1. The number of benzene rings is 1. The minimum Gasteiger partial charge on any atom is -0.487 e. The predicted molar refractivity (Wildman–Crippen MR) is 56.6 cm³/mol. The smallest absolute Gasteiger partial charge is 0.416 e. The number of fused-ring (bicyclic) bond motifs is 1. The molecular weight excluding hydrogens is 309 g/mol. The first-order valence-electron chi connectivity index (χ1n) is 5.74. The Morgan fingerprint density at radius 3 is 2.43 bits per heavy atom. The molecule has 21 heavy (non-hydrogen) atoms. The van der Waals surface area contributed by atoms with Crippen molar-refractivity contribution in [2.24, 2.45) is 0 Å². The fourth-order valence-electron chi connectivity index (χ4n) is 2.22. The minimum atomic E-state index is -4.95. The van der Waals surface area contributed by atoms with Crippen LogP contribution in [0.15, 0.2) is 12.1 Å². The fourth-order valence-corrected chi connectivity index (χ4v) is 2.22. The lowest BCUT2D eigenvalue weighted by Crippen LogP contribution is -2.23. The van der Waals surface area contributed by atoms with E-state index in [1.807, 2.05) is 0 Å². The number of aliphatic hydroxyl groups is 1. The third-order valence-corrected chi connectivity index (χ3v) is 3.07. The van der Waals surface area contributed by atoms with E-state index >= 15 is 0 Å². The molecule has 1 aromatic rings. The van der Waals surface area contributed by atoms with Crippen molar-refractivity contribution in [2.45, 2.75) is 31.0 Å². The molecule has 0 saturated carbocycles. The van der Waals surface area contributed by atoms with Gasteiger partial charge in [-0.05, 0) is 12.1 Å². The zero-order valence-corrected chi connectivity index (χ0v) is 10.2. The first-order chi connectivity index (χ1) is 9.54. The number of hydrogen-bond acceptors (Lipinski definition) is 2. The largest absolute Gasteiger partial charge is 0.487 e. The average Bonchev–Trinajstić information content (AvgIpc) is 2.57. The average molecular weight is 318 g/mol. The van der Waals surface area contributed by atoms with Gasteiger partial charge in [0.05, 0.1) is 5.56 Å². The van der Waals surface area contributed by atoms with Crippen LogP contribution in [0.25, 0.3) is 0 Å². The van der Waals surface area contributed by atoms with E-state index in [2.05, 4.69) is 4.74 Å². The second-order valence-corrected chi connectivity index (χ2v) is 4.54. The number of halogens is 7. The van der Waals surface area contributed by atoms with Crippen molar-refractivity contribution < 1.29 is 40.6 Å². The molecule has 118 valence electrons. The zero-order chi connectivity index (χ0) is 16.0. The molecule has 0 unspecified atom stereocenters. The summed E-state index contributed by atoms with van der Waals surface area (Å²) in [5, 5.41) is 9.40. The molecule has 0 heterocycles. The Labute approximate surface area is 114 Å². The Kier molecular flexibility index (Phi) is 3.81. The van der Waals surface area contributed by atoms with E-state index in [-0.39, 0.29) is 0 Å². The van der Waals surface area contributed by atoms with Gasteiger partial charge in [-0.1, -0.05) is 0 Å². The highest BCUT2D eigenvalue weighted by Gasteiger charge is 2.52. The van der Waals surface area contributed by atoms with Crippen LogP contribution in [0.4, 0.5) is 30.7 Å². The maximum absolute atomic E-state index is 13.5. The molecule has 0 aromatic heterocycles. The summed E-state index contributed by atoms with van der Waals surface area (Å²) in [6.07, 6.45) is -11.7. The van der Waals surface area contributed by atoms with Gasteiger partial charge in [-0.25, -0.2) is 17.6 Å². The van der Waals surface area contributed by atoms with Gasteiger partial charge in [-0.2, -0.15) is 13.2 Å². The molecule has 1 aromatic carbocycles. The standard InChI is InChI=1S/C12H9F7O2/c13-8(14)4-21-7-2-1-6(12(17,18)19)9-5(7)3-11(15,16)10(9)20/h1-2,8,10,20H,3-4H2/t10-/m0/s1. The molecule has 0 fully saturated rings. The summed E-state index contributed by atoms with van der Waals surface area (Å²) >= 11 is 0. The van der Waals surface area contributed by atoms with E-state index in [4.69, 9.17) is 0 Å². The molecular formula is C12H9F7O2. The van der Waals surface area contributed by atoms with Crippen molar-refractivity contribution in [3.8, 4) is 5.75 Å². The van der Waals surface area contributed by atoms with Crippen LogP contribution in [0.5, 0.6) is 5.75 Å². The van der Waals surface area contributed by atoms with Gasteiger partial charge in [0.2, 0.25) is 0 Å². The Morgan fingerprint density at radius 1 is 1.29 bits per heavy atom. The Bertz CT molecular complexity index is 539.